The van der Waals surface area contributed by atoms with E-state index in [0.717, 1.165) is 0 Å². The van der Waals surface area contributed by atoms with Gasteiger partial charge in [-0.05, 0) is 6.92 Å². The van der Waals surface area contributed by atoms with E-state index in [-0.39, 0.29) is 21.7 Å². The number of rotatable bonds is 0. The van der Waals surface area contributed by atoms with Gasteiger partial charge in [-0.25, -0.2) is 0 Å². The van der Waals surface area contributed by atoms with Crippen LogP contribution in [0.1, 0.15) is 6.92 Å². The molecule has 0 nitrogen and oxygen atoms in total. The summed E-state index contributed by atoms with van der Waals surface area (Å²) in [5.41, 5.74) is 0. The summed E-state index contributed by atoms with van der Waals surface area (Å²) in [6.45, 7) is 1.65. The number of terminal acetylenes is 1. The van der Waals surface area contributed by atoms with Gasteiger partial charge in [-0.3, -0.25) is 0 Å². The summed E-state index contributed by atoms with van der Waals surface area (Å²) in [4.78, 5) is 0. The Labute approximate surface area is 41.5 Å². The molecule has 1 heteroatoms. The standard InChI is InChI=1S/C3H4.Ti/c1-3-2;/h1H,2H3;. The Hall–Kier alpha value is 0.274. The minimum Gasteiger partial charge on any atom is -0.120 e. The molecule has 0 N–H and O–H groups in total. The van der Waals surface area contributed by atoms with E-state index in [1.165, 1.54) is 0 Å². The maximum Gasteiger partial charge on any atom is 0 e. The fourth-order valence-electron chi connectivity index (χ4n) is 0. The van der Waals surface area contributed by atoms with Gasteiger partial charge in [0.15, 0.2) is 0 Å². The van der Waals surface area contributed by atoms with Gasteiger partial charge in [0.25, 0.3) is 0 Å². The Morgan fingerprint density at radius 1 is 1.75 bits per heavy atom. The molecule has 0 spiro atoms. The first-order valence-corrected chi connectivity index (χ1v) is 0.789. The number of hydrogen-bond acceptors (Lipinski definition) is 0. The Morgan fingerprint density at radius 2 is 1.75 bits per heavy atom. The minimum absolute atomic E-state index is 0. The van der Waals surface area contributed by atoms with Gasteiger partial charge in [0.1, 0.15) is 0 Å². The van der Waals surface area contributed by atoms with Crippen molar-refractivity contribution in [3.05, 3.63) is 0 Å². The van der Waals surface area contributed by atoms with Gasteiger partial charge in [0, 0.05) is 21.7 Å². The molecule has 0 heterocycles. The van der Waals surface area contributed by atoms with Gasteiger partial charge in [0.05, 0.1) is 0 Å². The van der Waals surface area contributed by atoms with Crippen LogP contribution in [-0.2, 0) is 21.7 Å². The zero-order chi connectivity index (χ0) is 2.71. The summed E-state index contributed by atoms with van der Waals surface area (Å²) < 4.78 is 0. The van der Waals surface area contributed by atoms with E-state index in [4.69, 9.17) is 0 Å². The summed E-state index contributed by atoms with van der Waals surface area (Å²) in [6, 6.07) is 0. The van der Waals surface area contributed by atoms with Crippen molar-refractivity contribution in [2.24, 2.45) is 0 Å². The number of hydrogen-bond donors (Lipinski definition) is 0. The van der Waals surface area contributed by atoms with Crippen LogP contribution in [0.2, 0.25) is 0 Å². The predicted molar refractivity (Wildman–Crippen MR) is 14.5 cm³/mol. The maximum atomic E-state index is 4.60. The fourth-order valence-corrected chi connectivity index (χ4v) is 0. The van der Waals surface area contributed by atoms with Crippen LogP contribution in [0.5, 0.6) is 0 Å². The minimum atomic E-state index is 0. The van der Waals surface area contributed by atoms with Gasteiger partial charge in [0.2, 0.25) is 0 Å². The maximum absolute atomic E-state index is 4.60. The molecule has 0 aliphatic carbocycles. The Morgan fingerprint density at radius 3 is 1.75 bits per heavy atom. The van der Waals surface area contributed by atoms with Gasteiger partial charge in [-0.2, -0.15) is 0 Å². The third-order valence-electron chi connectivity index (χ3n) is 0. The van der Waals surface area contributed by atoms with Crippen molar-refractivity contribution >= 4 is 0 Å². The van der Waals surface area contributed by atoms with E-state index in [1.807, 2.05) is 0 Å². The third-order valence-corrected chi connectivity index (χ3v) is 0. The Kier molecular flexibility index (Phi) is 23.1. The van der Waals surface area contributed by atoms with E-state index < -0.39 is 0 Å². The van der Waals surface area contributed by atoms with Gasteiger partial charge in [-0.15, -0.1) is 12.3 Å². The van der Waals surface area contributed by atoms with E-state index in [0.29, 0.717) is 0 Å². The van der Waals surface area contributed by atoms with Crippen molar-refractivity contribution in [1.82, 2.24) is 0 Å². The molecule has 4 heavy (non-hydrogen) atoms. The van der Waals surface area contributed by atoms with E-state index in [2.05, 4.69) is 12.3 Å². The Balaban J connectivity index is 0. The molecule has 0 amide bonds. The molecular formula is C3H4Ti. The summed E-state index contributed by atoms with van der Waals surface area (Å²) in [5.74, 6) is 2.25. The first kappa shape index (κ1) is 8.86. The molecule has 0 fully saturated rings. The van der Waals surface area contributed by atoms with Gasteiger partial charge >= 0.3 is 0 Å². The molecular weight excluding hydrogens is 83.9 g/mol. The molecule has 0 aromatic carbocycles. The summed E-state index contributed by atoms with van der Waals surface area (Å²) >= 11 is 0. The molecule has 0 aromatic rings. The van der Waals surface area contributed by atoms with Gasteiger partial charge in [-0.1, -0.05) is 0 Å². The first-order valence-electron chi connectivity index (χ1n) is 0.789. The first-order chi connectivity index (χ1) is 1.41. The molecule has 0 aliphatic heterocycles. The van der Waals surface area contributed by atoms with Crippen molar-refractivity contribution in [1.29, 1.82) is 0 Å². The van der Waals surface area contributed by atoms with E-state index >= 15 is 0 Å². The fraction of sp³-hybridized carbons (Fsp3) is 0.333. The summed E-state index contributed by atoms with van der Waals surface area (Å²) in [7, 11) is 0. The molecule has 0 radical (unpaired) electrons. The second-order valence-electron chi connectivity index (χ2n) is 0.289. The van der Waals surface area contributed by atoms with Crippen LogP contribution < -0.4 is 0 Å². The molecule has 0 saturated heterocycles. The molecule has 0 saturated carbocycles. The third kappa shape index (κ3) is 49.1. The zero-order valence-electron chi connectivity index (χ0n) is 2.58. The van der Waals surface area contributed by atoms with E-state index in [1.54, 1.807) is 6.92 Å². The van der Waals surface area contributed by atoms with Crippen molar-refractivity contribution in [2.75, 3.05) is 0 Å². The molecule has 20 valence electrons. The second kappa shape index (κ2) is 10.4. The molecule has 0 aromatic heterocycles. The predicted octanol–water partition coefficient (Wildman–Crippen LogP) is 0.637. The average Bonchev–Trinajstić information content (AvgIpc) is 0.918. The Bertz CT molecular complexity index is 24.8. The van der Waals surface area contributed by atoms with Crippen LogP contribution in [0.3, 0.4) is 0 Å². The van der Waals surface area contributed by atoms with E-state index in [9.17, 15) is 0 Å². The largest absolute Gasteiger partial charge is 0.120 e. The zero-order valence-corrected chi connectivity index (χ0v) is 4.14. The molecule has 0 bridgehead atoms. The van der Waals surface area contributed by atoms with Crippen LogP contribution in [0.4, 0.5) is 0 Å². The smallest absolute Gasteiger partial charge is 0 e. The monoisotopic (exact) mass is 88.0 g/mol. The summed E-state index contributed by atoms with van der Waals surface area (Å²) in [6.07, 6.45) is 4.60. The van der Waals surface area contributed by atoms with Crippen molar-refractivity contribution in [3.63, 3.8) is 0 Å². The van der Waals surface area contributed by atoms with Crippen LogP contribution in [0, 0.1) is 12.3 Å². The average molecular weight is 87.9 g/mol. The molecule has 0 aliphatic rings. The quantitative estimate of drug-likeness (QED) is 0.301. The van der Waals surface area contributed by atoms with Crippen LogP contribution in [0.15, 0.2) is 0 Å². The van der Waals surface area contributed by atoms with Crippen LogP contribution >= 0.6 is 0 Å². The SMILES string of the molecule is C#CC.[Ti]. The van der Waals surface area contributed by atoms with Crippen molar-refractivity contribution < 1.29 is 21.7 Å². The van der Waals surface area contributed by atoms with Crippen molar-refractivity contribution in [3.8, 4) is 12.3 Å². The van der Waals surface area contributed by atoms with Crippen LogP contribution in [0.25, 0.3) is 0 Å². The normalized spacial score (nSPS) is 2.00. The summed E-state index contributed by atoms with van der Waals surface area (Å²) in [5, 5.41) is 0. The van der Waals surface area contributed by atoms with Crippen LogP contribution in [-0.4, -0.2) is 0 Å². The topological polar surface area (TPSA) is 0 Å². The molecule has 0 atom stereocenters. The van der Waals surface area contributed by atoms with Crippen molar-refractivity contribution in [2.45, 2.75) is 6.92 Å². The molecule has 0 rings (SSSR count). The van der Waals surface area contributed by atoms with Gasteiger partial charge < -0.3 is 0 Å². The second-order valence-corrected chi connectivity index (χ2v) is 0.289. The molecule has 0 unspecified atom stereocenters.